The number of aliphatic carboxylic acids is 1. The summed E-state index contributed by atoms with van der Waals surface area (Å²) in [6.45, 7) is 4.50. The molecule has 0 aliphatic heterocycles. The van der Waals surface area contributed by atoms with Crippen LogP contribution in [0.5, 0.6) is 5.75 Å². The molecule has 0 saturated carbocycles. The molecule has 0 spiro atoms. The van der Waals surface area contributed by atoms with Gasteiger partial charge in [0.05, 0.1) is 21.7 Å². The van der Waals surface area contributed by atoms with Crippen LogP contribution in [0.25, 0.3) is 10.6 Å². The van der Waals surface area contributed by atoms with Gasteiger partial charge in [0.15, 0.2) is 5.60 Å². The van der Waals surface area contributed by atoms with Gasteiger partial charge in [-0.3, -0.25) is 0 Å². The molecule has 0 fully saturated rings. The third-order valence-corrected chi connectivity index (χ3v) is 5.84. The number of hydrogen-bond acceptors (Lipinski definition) is 6. The van der Waals surface area contributed by atoms with E-state index in [9.17, 15) is 22.8 Å². The Labute approximate surface area is 191 Å². The summed E-state index contributed by atoms with van der Waals surface area (Å²) in [6.07, 6.45) is -4.41. The van der Waals surface area contributed by atoms with Gasteiger partial charge in [0, 0.05) is 5.56 Å². The number of aryl methyl sites for hydroxylation is 1. The lowest BCUT2D eigenvalue weighted by Crippen LogP contribution is -2.37. The fraction of sp³-hybridized carbons (Fsp3) is 0.261. The molecule has 0 atom stereocenters. The minimum Gasteiger partial charge on any atom is -0.478 e. The number of benzene rings is 2. The third kappa shape index (κ3) is 5.89. The van der Waals surface area contributed by atoms with E-state index in [1.54, 1.807) is 6.92 Å². The number of alkyl halides is 3. The van der Waals surface area contributed by atoms with E-state index in [1.165, 1.54) is 61.6 Å². The zero-order valence-corrected chi connectivity index (χ0v) is 18.7. The normalized spacial score (nSPS) is 11.8. The average Bonchev–Trinajstić information content (AvgIpc) is 3.12. The van der Waals surface area contributed by atoms with E-state index >= 15 is 0 Å². The second kappa shape index (κ2) is 9.22. The predicted molar refractivity (Wildman–Crippen MR) is 115 cm³/mol. The smallest absolute Gasteiger partial charge is 0.416 e. The third-order valence-electron chi connectivity index (χ3n) is 4.66. The van der Waals surface area contributed by atoms with Crippen LogP contribution in [0, 0.1) is 6.92 Å². The van der Waals surface area contributed by atoms with Crippen molar-refractivity contribution in [1.82, 2.24) is 4.98 Å². The van der Waals surface area contributed by atoms with Crippen molar-refractivity contribution in [3.63, 3.8) is 0 Å². The number of carbonyl (C=O) groups is 2. The summed E-state index contributed by atoms with van der Waals surface area (Å²) in [6, 6.07) is 10.6. The monoisotopic (exact) mass is 479 g/mol. The van der Waals surface area contributed by atoms with Crippen molar-refractivity contribution in [2.24, 2.45) is 0 Å². The zero-order valence-electron chi connectivity index (χ0n) is 17.9. The van der Waals surface area contributed by atoms with Gasteiger partial charge in [0.25, 0.3) is 0 Å². The molecule has 0 aliphatic rings. The van der Waals surface area contributed by atoms with Gasteiger partial charge >= 0.3 is 18.1 Å². The van der Waals surface area contributed by atoms with Crippen LogP contribution in [0.4, 0.5) is 13.2 Å². The number of esters is 1. The highest BCUT2D eigenvalue weighted by molar-refractivity contribution is 7.15. The fourth-order valence-corrected chi connectivity index (χ4v) is 3.68. The van der Waals surface area contributed by atoms with Crippen molar-refractivity contribution < 1.29 is 37.3 Å². The van der Waals surface area contributed by atoms with Gasteiger partial charge in [-0.2, -0.15) is 13.2 Å². The highest BCUT2D eigenvalue weighted by Crippen LogP contribution is 2.33. The predicted octanol–water partition coefficient (Wildman–Crippen LogP) is 5.74. The topological polar surface area (TPSA) is 85.7 Å². The maximum Gasteiger partial charge on any atom is 0.416 e. The van der Waals surface area contributed by atoms with Crippen molar-refractivity contribution in [1.29, 1.82) is 0 Å². The molecule has 3 rings (SSSR count). The number of aromatic nitrogens is 1. The standard InChI is InChI=1S/C23H20F3NO5S/c1-13-18(33-19(27-13)14-4-8-16(9-5-14)23(24,25)26)12-31-20(28)15-6-10-17(11-7-15)32-22(2,3)21(29)30/h4-11H,12H2,1-3H3,(H,29,30). The Morgan fingerprint density at radius 1 is 1.03 bits per heavy atom. The van der Waals surface area contributed by atoms with Gasteiger partial charge in [-0.15, -0.1) is 11.3 Å². The summed E-state index contributed by atoms with van der Waals surface area (Å²) in [5, 5.41) is 9.64. The Hall–Kier alpha value is -3.40. The second-order valence-electron chi connectivity index (χ2n) is 7.62. The molecule has 2 aromatic carbocycles. The molecular formula is C23H20F3NO5S. The second-order valence-corrected chi connectivity index (χ2v) is 8.70. The molecule has 0 saturated heterocycles. The van der Waals surface area contributed by atoms with Gasteiger partial charge < -0.3 is 14.6 Å². The van der Waals surface area contributed by atoms with Crippen molar-refractivity contribution >= 4 is 23.3 Å². The molecule has 6 nitrogen and oxygen atoms in total. The number of carbonyl (C=O) groups excluding carboxylic acids is 1. The zero-order chi connectivity index (χ0) is 24.4. The molecule has 33 heavy (non-hydrogen) atoms. The van der Waals surface area contributed by atoms with Crippen molar-refractivity contribution in [2.45, 2.75) is 39.2 Å². The summed E-state index contributed by atoms with van der Waals surface area (Å²) in [7, 11) is 0. The summed E-state index contributed by atoms with van der Waals surface area (Å²) < 4.78 is 49.0. The van der Waals surface area contributed by atoms with Gasteiger partial charge in [0.1, 0.15) is 17.4 Å². The van der Waals surface area contributed by atoms with E-state index in [0.717, 1.165) is 12.1 Å². The molecule has 0 bridgehead atoms. The van der Waals surface area contributed by atoms with Gasteiger partial charge in [-0.1, -0.05) is 12.1 Å². The molecule has 1 heterocycles. The number of ether oxygens (including phenoxy) is 2. The molecule has 0 radical (unpaired) electrons. The molecule has 10 heteroatoms. The Balaban J connectivity index is 1.64. The van der Waals surface area contributed by atoms with Crippen molar-refractivity contribution in [2.75, 3.05) is 0 Å². The first-order chi connectivity index (χ1) is 15.4. The number of carboxylic acid groups (broad SMARTS) is 1. The minimum absolute atomic E-state index is 0.0483. The Morgan fingerprint density at radius 2 is 1.64 bits per heavy atom. The summed E-state index contributed by atoms with van der Waals surface area (Å²) in [4.78, 5) is 28.5. The van der Waals surface area contributed by atoms with Crippen LogP contribution in [-0.2, 0) is 22.3 Å². The summed E-state index contributed by atoms with van der Waals surface area (Å²) in [5.41, 5.74) is -0.760. The van der Waals surface area contributed by atoms with Crippen LogP contribution in [0.1, 0.15) is 40.3 Å². The lowest BCUT2D eigenvalue weighted by Gasteiger charge is -2.21. The first-order valence-corrected chi connectivity index (χ1v) is 10.5. The lowest BCUT2D eigenvalue weighted by molar-refractivity contribution is -0.152. The number of rotatable bonds is 7. The number of nitrogens with zero attached hydrogens (tertiary/aromatic N) is 1. The van der Waals surface area contributed by atoms with Crippen LogP contribution in [0.15, 0.2) is 48.5 Å². The number of halogens is 3. The van der Waals surface area contributed by atoms with E-state index < -0.39 is 29.3 Å². The van der Waals surface area contributed by atoms with Gasteiger partial charge in [-0.25, -0.2) is 14.6 Å². The van der Waals surface area contributed by atoms with E-state index in [-0.39, 0.29) is 12.2 Å². The van der Waals surface area contributed by atoms with E-state index in [1.807, 2.05) is 0 Å². The number of hydrogen-bond donors (Lipinski definition) is 1. The number of thiazole rings is 1. The van der Waals surface area contributed by atoms with Crippen LogP contribution in [-0.4, -0.2) is 27.6 Å². The quantitative estimate of drug-likeness (QED) is 0.435. The number of carboxylic acids is 1. The molecule has 3 aromatic rings. The average molecular weight is 479 g/mol. The van der Waals surface area contributed by atoms with Gasteiger partial charge in [-0.05, 0) is 57.2 Å². The van der Waals surface area contributed by atoms with Crippen LogP contribution in [0.3, 0.4) is 0 Å². The van der Waals surface area contributed by atoms with E-state index in [2.05, 4.69) is 4.98 Å². The molecule has 174 valence electrons. The first kappa shape index (κ1) is 24.2. The minimum atomic E-state index is -4.41. The van der Waals surface area contributed by atoms with Crippen LogP contribution in [0.2, 0.25) is 0 Å². The maximum atomic E-state index is 12.7. The van der Waals surface area contributed by atoms with E-state index in [0.29, 0.717) is 26.9 Å². The van der Waals surface area contributed by atoms with Crippen molar-refractivity contribution in [3.05, 3.63) is 70.2 Å². The Morgan fingerprint density at radius 3 is 2.18 bits per heavy atom. The highest BCUT2D eigenvalue weighted by atomic mass is 32.1. The van der Waals surface area contributed by atoms with E-state index in [4.69, 9.17) is 14.6 Å². The summed E-state index contributed by atoms with van der Waals surface area (Å²) in [5.74, 6) is -1.43. The fourth-order valence-electron chi connectivity index (χ4n) is 2.70. The SMILES string of the molecule is Cc1nc(-c2ccc(C(F)(F)F)cc2)sc1COC(=O)c1ccc(OC(C)(C)C(=O)O)cc1. The molecule has 0 amide bonds. The largest absolute Gasteiger partial charge is 0.478 e. The van der Waals surface area contributed by atoms with Crippen LogP contribution < -0.4 is 4.74 Å². The molecular weight excluding hydrogens is 459 g/mol. The highest BCUT2D eigenvalue weighted by Gasteiger charge is 2.30. The molecule has 0 unspecified atom stereocenters. The summed E-state index contributed by atoms with van der Waals surface area (Å²) >= 11 is 1.23. The van der Waals surface area contributed by atoms with Gasteiger partial charge in [0.2, 0.25) is 0 Å². The first-order valence-electron chi connectivity index (χ1n) is 9.70. The Bertz CT molecular complexity index is 1150. The molecule has 1 N–H and O–H groups in total. The molecule has 1 aromatic heterocycles. The lowest BCUT2D eigenvalue weighted by atomic mass is 10.1. The molecule has 0 aliphatic carbocycles. The Kier molecular flexibility index (Phi) is 6.78. The van der Waals surface area contributed by atoms with Crippen LogP contribution >= 0.6 is 11.3 Å². The maximum absolute atomic E-state index is 12.7. The van der Waals surface area contributed by atoms with Crippen molar-refractivity contribution in [3.8, 4) is 16.3 Å².